The van der Waals surface area contributed by atoms with E-state index in [0.29, 0.717) is 17.0 Å². The summed E-state index contributed by atoms with van der Waals surface area (Å²) in [7, 11) is -3.31. The van der Waals surface area contributed by atoms with Crippen LogP contribution >= 0.6 is 0 Å². The Morgan fingerprint density at radius 1 is 1.24 bits per heavy atom. The standard InChI is InChI=1S/C18H17NO5S/c1-3-25(22,23)15-6-4-5-14(11-15)8-9-16-17(24-12-18(20)21)10-7-13(2)19-16/h4-7,10-11H,3,12H2,1-2H3,(H,20,21). The van der Waals surface area contributed by atoms with Crippen molar-refractivity contribution in [1.29, 1.82) is 0 Å². The lowest BCUT2D eigenvalue weighted by Gasteiger charge is -2.05. The first-order valence-corrected chi connectivity index (χ1v) is 9.14. The predicted molar refractivity (Wildman–Crippen MR) is 92.3 cm³/mol. The van der Waals surface area contributed by atoms with Crippen LogP contribution in [0, 0.1) is 18.8 Å². The molecule has 6 nitrogen and oxygen atoms in total. The van der Waals surface area contributed by atoms with Crippen molar-refractivity contribution in [2.45, 2.75) is 18.7 Å². The molecule has 130 valence electrons. The highest BCUT2D eigenvalue weighted by atomic mass is 32.2. The van der Waals surface area contributed by atoms with Crippen molar-refractivity contribution in [1.82, 2.24) is 4.98 Å². The largest absolute Gasteiger partial charge is 0.479 e. The Hall–Kier alpha value is -2.85. The second-order valence-electron chi connectivity index (χ2n) is 5.16. The molecule has 0 aliphatic rings. The number of ether oxygens (including phenoxy) is 1. The summed E-state index contributed by atoms with van der Waals surface area (Å²) in [5.41, 5.74) is 1.52. The Kier molecular flexibility index (Phi) is 5.78. The van der Waals surface area contributed by atoms with E-state index in [4.69, 9.17) is 9.84 Å². The van der Waals surface area contributed by atoms with Crippen molar-refractivity contribution in [2.24, 2.45) is 0 Å². The molecule has 1 heterocycles. The van der Waals surface area contributed by atoms with Crippen molar-refractivity contribution in [3.63, 3.8) is 0 Å². The van der Waals surface area contributed by atoms with Gasteiger partial charge in [0.1, 0.15) is 0 Å². The highest BCUT2D eigenvalue weighted by Crippen LogP contribution is 2.17. The third-order valence-electron chi connectivity index (χ3n) is 3.25. The number of benzene rings is 1. The molecule has 1 aromatic heterocycles. The molecular weight excluding hydrogens is 342 g/mol. The van der Waals surface area contributed by atoms with E-state index in [2.05, 4.69) is 16.8 Å². The van der Waals surface area contributed by atoms with Crippen LogP contribution in [-0.2, 0) is 14.6 Å². The van der Waals surface area contributed by atoms with Crippen molar-refractivity contribution in [3.05, 3.63) is 53.3 Å². The third-order valence-corrected chi connectivity index (χ3v) is 4.98. The monoisotopic (exact) mass is 359 g/mol. The molecule has 7 heteroatoms. The van der Waals surface area contributed by atoms with Crippen LogP contribution in [0.4, 0.5) is 0 Å². The number of nitrogens with zero attached hydrogens (tertiary/aromatic N) is 1. The molecule has 2 aromatic rings. The molecule has 0 aliphatic heterocycles. The van der Waals surface area contributed by atoms with Crippen molar-refractivity contribution in [2.75, 3.05) is 12.4 Å². The molecule has 0 unspecified atom stereocenters. The molecular formula is C18H17NO5S. The van der Waals surface area contributed by atoms with Crippen LogP contribution in [0.15, 0.2) is 41.3 Å². The van der Waals surface area contributed by atoms with Gasteiger partial charge in [-0.15, -0.1) is 0 Å². The van der Waals surface area contributed by atoms with Gasteiger partial charge in [0.25, 0.3) is 0 Å². The molecule has 2 rings (SSSR count). The number of carbonyl (C=O) groups is 1. The lowest BCUT2D eigenvalue weighted by atomic mass is 10.2. The van der Waals surface area contributed by atoms with E-state index in [9.17, 15) is 13.2 Å². The zero-order chi connectivity index (χ0) is 18.4. The summed E-state index contributed by atoms with van der Waals surface area (Å²) in [6.45, 7) is 2.86. The molecule has 1 N–H and O–H groups in total. The van der Waals surface area contributed by atoms with E-state index in [0.717, 1.165) is 0 Å². The zero-order valence-electron chi connectivity index (χ0n) is 13.8. The summed E-state index contributed by atoms with van der Waals surface area (Å²) in [6, 6.07) is 9.63. The summed E-state index contributed by atoms with van der Waals surface area (Å²) in [4.78, 5) is 15.1. The summed E-state index contributed by atoms with van der Waals surface area (Å²) in [5.74, 6) is 4.84. The van der Waals surface area contributed by atoms with Gasteiger partial charge in [0.15, 0.2) is 27.9 Å². The highest BCUT2D eigenvalue weighted by Gasteiger charge is 2.11. The van der Waals surface area contributed by atoms with Crippen LogP contribution in [0.1, 0.15) is 23.9 Å². The average Bonchev–Trinajstić information content (AvgIpc) is 2.59. The van der Waals surface area contributed by atoms with Gasteiger partial charge >= 0.3 is 5.97 Å². The van der Waals surface area contributed by atoms with Gasteiger partial charge < -0.3 is 9.84 Å². The maximum Gasteiger partial charge on any atom is 0.341 e. The number of carboxylic acid groups (broad SMARTS) is 1. The maximum absolute atomic E-state index is 11.9. The fourth-order valence-corrected chi connectivity index (χ4v) is 2.88. The van der Waals surface area contributed by atoms with Gasteiger partial charge in [0.05, 0.1) is 10.6 Å². The quantitative estimate of drug-likeness (QED) is 0.821. The number of aliphatic carboxylic acids is 1. The maximum atomic E-state index is 11.9. The Labute approximate surface area is 146 Å². The number of rotatable bonds is 5. The molecule has 0 atom stereocenters. The molecule has 1 aromatic carbocycles. The van der Waals surface area contributed by atoms with Gasteiger partial charge in [0, 0.05) is 11.3 Å². The lowest BCUT2D eigenvalue weighted by Crippen LogP contribution is -2.10. The van der Waals surface area contributed by atoms with E-state index >= 15 is 0 Å². The molecule has 0 saturated heterocycles. The van der Waals surface area contributed by atoms with Gasteiger partial charge in [-0.3, -0.25) is 0 Å². The number of pyridine rings is 1. The van der Waals surface area contributed by atoms with Gasteiger partial charge in [0.2, 0.25) is 0 Å². The van der Waals surface area contributed by atoms with E-state index in [1.165, 1.54) is 12.1 Å². The number of hydrogen-bond donors (Lipinski definition) is 1. The molecule has 0 aliphatic carbocycles. The van der Waals surface area contributed by atoms with E-state index < -0.39 is 22.4 Å². The van der Waals surface area contributed by atoms with E-state index in [-0.39, 0.29) is 16.4 Å². The minimum atomic E-state index is -3.31. The summed E-state index contributed by atoms with van der Waals surface area (Å²) < 4.78 is 29.1. The van der Waals surface area contributed by atoms with Crippen LogP contribution in [0.2, 0.25) is 0 Å². The number of hydrogen-bond acceptors (Lipinski definition) is 5. The first kappa shape index (κ1) is 18.5. The van der Waals surface area contributed by atoms with Crippen molar-refractivity contribution < 1.29 is 23.1 Å². The smallest absolute Gasteiger partial charge is 0.341 e. The average molecular weight is 359 g/mol. The molecule has 0 amide bonds. The second kappa shape index (κ2) is 7.81. The summed E-state index contributed by atoms with van der Waals surface area (Å²) in [5, 5.41) is 8.72. The fourth-order valence-electron chi connectivity index (χ4n) is 1.95. The topological polar surface area (TPSA) is 93.6 Å². The number of sulfone groups is 1. The van der Waals surface area contributed by atoms with E-state index in [1.807, 2.05) is 0 Å². The molecule has 0 saturated carbocycles. The minimum absolute atomic E-state index is 0.0104. The number of aryl methyl sites for hydroxylation is 1. The van der Waals surface area contributed by atoms with Crippen molar-refractivity contribution >= 4 is 15.8 Å². The Morgan fingerprint density at radius 3 is 2.68 bits per heavy atom. The number of carboxylic acids is 1. The Morgan fingerprint density at radius 2 is 2.00 bits per heavy atom. The van der Waals surface area contributed by atoms with Crippen LogP contribution in [0.3, 0.4) is 0 Å². The fraction of sp³-hybridized carbons (Fsp3) is 0.222. The normalized spacial score (nSPS) is 10.6. The zero-order valence-corrected chi connectivity index (χ0v) is 14.6. The summed E-state index contributed by atoms with van der Waals surface area (Å²) >= 11 is 0. The number of aromatic nitrogens is 1. The van der Waals surface area contributed by atoms with Gasteiger partial charge in [-0.05, 0) is 43.2 Å². The Bertz CT molecular complexity index is 955. The Balaban J connectivity index is 2.37. The van der Waals surface area contributed by atoms with E-state index in [1.54, 1.807) is 38.1 Å². The van der Waals surface area contributed by atoms with Gasteiger partial charge in [-0.2, -0.15) is 0 Å². The summed E-state index contributed by atoms with van der Waals surface area (Å²) in [6.07, 6.45) is 0. The van der Waals surface area contributed by atoms with Crippen LogP contribution in [-0.4, -0.2) is 36.8 Å². The van der Waals surface area contributed by atoms with Crippen LogP contribution in [0.25, 0.3) is 0 Å². The lowest BCUT2D eigenvalue weighted by molar-refractivity contribution is -0.139. The molecule has 25 heavy (non-hydrogen) atoms. The molecule has 0 fully saturated rings. The molecule has 0 radical (unpaired) electrons. The molecule has 0 spiro atoms. The van der Waals surface area contributed by atoms with Crippen LogP contribution in [0.5, 0.6) is 5.75 Å². The van der Waals surface area contributed by atoms with Crippen molar-refractivity contribution in [3.8, 4) is 17.6 Å². The third kappa shape index (κ3) is 5.06. The highest BCUT2D eigenvalue weighted by molar-refractivity contribution is 7.91. The predicted octanol–water partition coefficient (Wildman–Crippen LogP) is 2.05. The van der Waals surface area contributed by atoms with Crippen LogP contribution < -0.4 is 4.74 Å². The SMILES string of the molecule is CCS(=O)(=O)c1cccc(C#Cc2nc(C)ccc2OCC(=O)O)c1. The molecule has 0 bridgehead atoms. The van der Waals surface area contributed by atoms with Gasteiger partial charge in [-0.25, -0.2) is 18.2 Å². The first-order valence-electron chi connectivity index (χ1n) is 7.49. The first-order chi connectivity index (χ1) is 11.8. The minimum Gasteiger partial charge on any atom is -0.479 e. The second-order valence-corrected chi connectivity index (χ2v) is 7.44. The van der Waals surface area contributed by atoms with Gasteiger partial charge in [-0.1, -0.05) is 18.9 Å².